The molecule has 3 heteroatoms. The SMILES string of the molecule is Cc1ccc(C2NC3(CC3)C(=O)N2CC2CCC2)c(C)c1. The third-order valence-electron chi connectivity index (χ3n) is 5.54. The van der Waals surface area contributed by atoms with Crippen LogP contribution in [0.5, 0.6) is 0 Å². The molecule has 1 unspecified atom stereocenters. The first-order valence-corrected chi connectivity index (χ1v) is 8.25. The minimum Gasteiger partial charge on any atom is -0.321 e. The van der Waals surface area contributed by atoms with Crippen LogP contribution in [0.15, 0.2) is 18.2 Å². The lowest BCUT2D eigenvalue weighted by molar-refractivity contribution is -0.131. The molecule has 1 N–H and O–H groups in total. The van der Waals surface area contributed by atoms with Crippen LogP contribution in [0.25, 0.3) is 0 Å². The molecule has 2 aliphatic carbocycles. The summed E-state index contributed by atoms with van der Waals surface area (Å²) in [5.41, 5.74) is 3.63. The molecule has 3 aliphatic rings. The Hall–Kier alpha value is -1.35. The summed E-state index contributed by atoms with van der Waals surface area (Å²) in [6.07, 6.45) is 6.01. The first-order valence-electron chi connectivity index (χ1n) is 8.25. The van der Waals surface area contributed by atoms with Gasteiger partial charge in [-0.05, 0) is 56.6 Å². The number of nitrogens with zero attached hydrogens (tertiary/aromatic N) is 1. The van der Waals surface area contributed by atoms with Crippen LogP contribution in [0, 0.1) is 19.8 Å². The van der Waals surface area contributed by atoms with Gasteiger partial charge in [0.1, 0.15) is 11.7 Å². The van der Waals surface area contributed by atoms with Crippen molar-refractivity contribution in [2.75, 3.05) is 6.54 Å². The Balaban J connectivity index is 1.65. The van der Waals surface area contributed by atoms with Crippen LogP contribution in [0.1, 0.15) is 55.0 Å². The minimum atomic E-state index is -0.217. The zero-order valence-electron chi connectivity index (χ0n) is 13.0. The molecule has 1 aromatic carbocycles. The largest absolute Gasteiger partial charge is 0.321 e. The van der Waals surface area contributed by atoms with Crippen molar-refractivity contribution in [2.45, 2.75) is 57.7 Å². The van der Waals surface area contributed by atoms with Gasteiger partial charge >= 0.3 is 0 Å². The zero-order valence-corrected chi connectivity index (χ0v) is 13.0. The molecule has 0 radical (unpaired) electrons. The summed E-state index contributed by atoms with van der Waals surface area (Å²) in [7, 11) is 0. The fourth-order valence-corrected chi connectivity index (χ4v) is 3.80. The highest BCUT2D eigenvalue weighted by molar-refractivity contribution is 5.92. The molecular formula is C18H24N2O. The number of rotatable bonds is 3. The molecule has 3 nitrogen and oxygen atoms in total. The lowest BCUT2D eigenvalue weighted by atomic mass is 9.85. The van der Waals surface area contributed by atoms with E-state index in [9.17, 15) is 4.79 Å². The number of amides is 1. The highest BCUT2D eigenvalue weighted by Gasteiger charge is 2.59. The maximum atomic E-state index is 12.8. The highest BCUT2D eigenvalue weighted by Crippen LogP contribution is 2.47. The van der Waals surface area contributed by atoms with Crippen molar-refractivity contribution in [3.05, 3.63) is 34.9 Å². The van der Waals surface area contributed by atoms with Crippen LogP contribution in [0.4, 0.5) is 0 Å². The summed E-state index contributed by atoms with van der Waals surface area (Å²) in [5.74, 6) is 1.07. The van der Waals surface area contributed by atoms with Crippen molar-refractivity contribution < 1.29 is 4.79 Å². The standard InChI is InChI=1S/C18H24N2O/c1-12-6-7-15(13(2)10-12)16-19-18(8-9-18)17(21)20(16)11-14-4-3-5-14/h6-7,10,14,16,19H,3-5,8-9,11H2,1-2H3. The van der Waals surface area contributed by atoms with E-state index in [1.54, 1.807) is 0 Å². The molecule has 21 heavy (non-hydrogen) atoms. The predicted octanol–water partition coefficient (Wildman–Crippen LogP) is 3.07. The maximum absolute atomic E-state index is 12.8. The number of hydrogen-bond acceptors (Lipinski definition) is 2. The first kappa shape index (κ1) is 13.3. The molecule has 1 heterocycles. The van der Waals surface area contributed by atoms with E-state index in [-0.39, 0.29) is 11.7 Å². The van der Waals surface area contributed by atoms with Gasteiger partial charge in [-0.1, -0.05) is 30.2 Å². The van der Waals surface area contributed by atoms with E-state index >= 15 is 0 Å². The van der Waals surface area contributed by atoms with Gasteiger partial charge < -0.3 is 4.90 Å². The van der Waals surface area contributed by atoms with E-state index in [0.29, 0.717) is 5.91 Å². The van der Waals surface area contributed by atoms with Crippen molar-refractivity contribution in [2.24, 2.45) is 5.92 Å². The zero-order chi connectivity index (χ0) is 14.6. The Kier molecular flexibility index (Phi) is 2.90. The molecule has 1 aliphatic heterocycles. The van der Waals surface area contributed by atoms with E-state index in [1.807, 2.05) is 0 Å². The number of hydrogen-bond donors (Lipinski definition) is 1. The molecule has 1 saturated heterocycles. The quantitative estimate of drug-likeness (QED) is 0.925. The van der Waals surface area contributed by atoms with Crippen LogP contribution in [-0.4, -0.2) is 22.9 Å². The van der Waals surface area contributed by atoms with Crippen molar-refractivity contribution in [1.82, 2.24) is 10.2 Å². The summed E-state index contributed by atoms with van der Waals surface area (Å²) in [6, 6.07) is 6.58. The summed E-state index contributed by atoms with van der Waals surface area (Å²) in [5, 5.41) is 3.65. The van der Waals surface area contributed by atoms with E-state index in [2.05, 4.69) is 42.3 Å². The van der Waals surface area contributed by atoms with E-state index in [0.717, 1.165) is 25.3 Å². The summed E-state index contributed by atoms with van der Waals surface area (Å²) >= 11 is 0. The number of aryl methyl sites for hydroxylation is 2. The van der Waals surface area contributed by atoms with Crippen LogP contribution < -0.4 is 5.32 Å². The molecule has 1 spiro atoms. The van der Waals surface area contributed by atoms with Gasteiger partial charge in [0.25, 0.3) is 0 Å². The molecule has 4 rings (SSSR count). The monoisotopic (exact) mass is 284 g/mol. The van der Waals surface area contributed by atoms with Crippen molar-refractivity contribution >= 4 is 5.91 Å². The molecule has 1 amide bonds. The van der Waals surface area contributed by atoms with E-state index < -0.39 is 0 Å². The second kappa shape index (κ2) is 4.57. The van der Waals surface area contributed by atoms with Gasteiger partial charge in [-0.2, -0.15) is 0 Å². The third-order valence-corrected chi connectivity index (χ3v) is 5.54. The third kappa shape index (κ3) is 2.10. The predicted molar refractivity (Wildman–Crippen MR) is 82.8 cm³/mol. The molecule has 0 aromatic heterocycles. The number of nitrogens with one attached hydrogen (secondary N) is 1. The topological polar surface area (TPSA) is 32.3 Å². The Morgan fingerprint density at radius 2 is 2.05 bits per heavy atom. The maximum Gasteiger partial charge on any atom is 0.244 e. The van der Waals surface area contributed by atoms with Crippen molar-refractivity contribution in [3.8, 4) is 0 Å². The van der Waals surface area contributed by atoms with Gasteiger partial charge in [-0.3, -0.25) is 10.1 Å². The van der Waals surface area contributed by atoms with Gasteiger partial charge in [-0.25, -0.2) is 0 Å². The smallest absolute Gasteiger partial charge is 0.244 e. The number of carbonyl (C=O) groups is 1. The van der Waals surface area contributed by atoms with Gasteiger partial charge in [0.05, 0.1) is 0 Å². The molecule has 3 fully saturated rings. The summed E-state index contributed by atoms with van der Waals surface area (Å²) in [6.45, 7) is 5.22. The fourth-order valence-electron chi connectivity index (χ4n) is 3.80. The summed E-state index contributed by atoms with van der Waals surface area (Å²) in [4.78, 5) is 14.9. The second-order valence-electron chi connectivity index (χ2n) is 7.24. The van der Waals surface area contributed by atoms with Gasteiger partial charge in [0, 0.05) is 6.54 Å². The average Bonchev–Trinajstić information content (AvgIpc) is 3.11. The highest BCUT2D eigenvalue weighted by atomic mass is 16.2. The van der Waals surface area contributed by atoms with E-state index in [4.69, 9.17) is 0 Å². The molecule has 1 aromatic rings. The first-order chi connectivity index (χ1) is 10.1. The molecule has 1 atom stereocenters. The van der Waals surface area contributed by atoms with E-state index in [1.165, 1.54) is 36.0 Å². The lowest BCUT2D eigenvalue weighted by Gasteiger charge is -2.33. The second-order valence-corrected chi connectivity index (χ2v) is 7.24. The van der Waals surface area contributed by atoms with Crippen molar-refractivity contribution in [1.29, 1.82) is 0 Å². The van der Waals surface area contributed by atoms with Gasteiger partial charge in [0.15, 0.2) is 0 Å². The minimum absolute atomic E-state index is 0.0844. The fraction of sp³-hybridized carbons (Fsp3) is 0.611. The lowest BCUT2D eigenvalue weighted by Crippen LogP contribution is -2.37. The number of benzene rings is 1. The Labute approximate surface area is 126 Å². The van der Waals surface area contributed by atoms with Gasteiger partial charge in [-0.15, -0.1) is 0 Å². The van der Waals surface area contributed by atoms with Crippen LogP contribution in [0.2, 0.25) is 0 Å². The Morgan fingerprint density at radius 3 is 2.62 bits per heavy atom. The van der Waals surface area contributed by atoms with Crippen LogP contribution in [-0.2, 0) is 4.79 Å². The summed E-state index contributed by atoms with van der Waals surface area (Å²) < 4.78 is 0. The van der Waals surface area contributed by atoms with Crippen LogP contribution in [0.3, 0.4) is 0 Å². The normalized spacial score (nSPS) is 27.2. The number of carbonyl (C=O) groups excluding carboxylic acids is 1. The molecule has 2 saturated carbocycles. The van der Waals surface area contributed by atoms with Gasteiger partial charge in [0.2, 0.25) is 5.91 Å². The van der Waals surface area contributed by atoms with Crippen molar-refractivity contribution in [3.63, 3.8) is 0 Å². The molecule has 112 valence electrons. The molecular weight excluding hydrogens is 260 g/mol. The average molecular weight is 284 g/mol. The van der Waals surface area contributed by atoms with Crippen LogP contribution >= 0.6 is 0 Å². The molecule has 0 bridgehead atoms. The Bertz CT molecular complexity index is 587. The Morgan fingerprint density at radius 1 is 1.29 bits per heavy atom.